The Labute approximate surface area is 122 Å². The highest BCUT2D eigenvalue weighted by molar-refractivity contribution is 7.89. The van der Waals surface area contributed by atoms with Crippen LogP contribution >= 0.6 is 0 Å². The van der Waals surface area contributed by atoms with Gasteiger partial charge in [0.25, 0.3) is 15.9 Å². The van der Waals surface area contributed by atoms with E-state index in [1.807, 2.05) is 11.6 Å². The molecule has 0 spiro atoms. The number of rotatable bonds is 8. The van der Waals surface area contributed by atoms with Crippen LogP contribution in [0.15, 0.2) is 21.6 Å². The molecule has 0 aliphatic carbocycles. The quantitative estimate of drug-likeness (QED) is 0.643. The number of sulfonamides is 1. The number of carbonyl (C=O) groups excluding carboxylic acids is 1. The number of furan rings is 1. The molecule has 1 atom stereocenters. The van der Waals surface area contributed by atoms with E-state index >= 15 is 0 Å². The first-order valence-corrected chi connectivity index (χ1v) is 7.87. The van der Waals surface area contributed by atoms with Gasteiger partial charge in [-0.15, -0.1) is 0 Å². The summed E-state index contributed by atoms with van der Waals surface area (Å²) in [5.74, 6) is -2.17. The fourth-order valence-corrected chi connectivity index (χ4v) is 2.23. The molecule has 9 heteroatoms. The Morgan fingerprint density at radius 3 is 2.57 bits per heavy atom. The van der Waals surface area contributed by atoms with Crippen LogP contribution in [0.4, 0.5) is 0 Å². The highest BCUT2D eigenvalue weighted by Crippen LogP contribution is 2.14. The molecule has 1 rings (SSSR count). The van der Waals surface area contributed by atoms with E-state index in [-0.39, 0.29) is 5.76 Å². The Morgan fingerprint density at radius 1 is 1.38 bits per heavy atom. The number of hydrogen-bond acceptors (Lipinski definition) is 5. The zero-order valence-corrected chi connectivity index (χ0v) is 12.6. The number of nitrogens with one attached hydrogen (secondary N) is 2. The van der Waals surface area contributed by atoms with Gasteiger partial charge in [0.05, 0.1) is 0 Å². The Bertz CT molecular complexity index is 607. The molecule has 1 heterocycles. The predicted octanol–water partition coefficient (Wildman–Crippen LogP) is 0.561. The Kier molecular flexibility index (Phi) is 5.91. The summed E-state index contributed by atoms with van der Waals surface area (Å²) in [6, 6.07) is 1.27. The summed E-state index contributed by atoms with van der Waals surface area (Å²) in [7, 11) is -2.57. The second-order valence-electron chi connectivity index (χ2n) is 4.33. The van der Waals surface area contributed by atoms with Gasteiger partial charge in [-0.1, -0.05) is 19.8 Å². The van der Waals surface area contributed by atoms with Crippen molar-refractivity contribution in [3.63, 3.8) is 0 Å². The molecule has 0 saturated heterocycles. The van der Waals surface area contributed by atoms with Crippen LogP contribution in [-0.2, 0) is 14.8 Å². The molecule has 0 aliphatic rings. The van der Waals surface area contributed by atoms with Crippen LogP contribution in [0.5, 0.6) is 0 Å². The lowest BCUT2D eigenvalue weighted by molar-refractivity contribution is -0.139. The summed E-state index contributed by atoms with van der Waals surface area (Å²) in [5.41, 5.74) is 0. The number of aliphatic carboxylic acids is 1. The van der Waals surface area contributed by atoms with Gasteiger partial charge in [-0.25, -0.2) is 17.9 Å². The maximum atomic E-state index is 11.9. The van der Waals surface area contributed by atoms with Crippen molar-refractivity contribution in [1.82, 2.24) is 10.0 Å². The van der Waals surface area contributed by atoms with E-state index in [0.717, 1.165) is 12.5 Å². The van der Waals surface area contributed by atoms with Crippen molar-refractivity contribution >= 4 is 21.9 Å². The molecule has 1 amide bonds. The van der Waals surface area contributed by atoms with Crippen LogP contribution in [-0.4, -0.2) is 38.5 Å². The second kappa shape index (κ2) is 7.23. The van der Waals surface area contributed by atoms with E-state index in [9.17, 15) is 18.0 Å². The summed E-state index contributed by atoms with van der Waals surface area (Å²) in [6.07, 6.45) is 1.74. The minimum absolute atomic E-state index is 0.258. The average molecular weight is 318 g/mol. The van der Waals surface area contributed by atoms with Gasteiger partial charge in [0.1, 0.15) is 6.04 Å². The predicted molar refractivity (Wildman–Crippen MR) is 73.4 cm³/mol. The fourth-order valence-electron chi connectivity index (χ4n) is 1.58. The maximum Gasteiger partial charge on any atom is 0.326 e. The van der Waals surface area contributed by atoms with E-state index in [2.05, 4.69) is 5.32 Å². The molecular formula is C12H18N2O6S. The van der Waals surface area contributed by atoms with Gasteiger partial charge >= 0.3 is 5.97 Å². The normalized spacial score (nSPS) is 12.9. The molecule has 21 heavy (non-hydrogen) atoms. The highest BCUT2D eigenvalue weighted by atomic mass is 32.2. The van der Waals surface area contributed by atoms with E-state index in [1.54, 1.807) is 0 Å². The van der Waals surface area contributed by atoms with Crippen LogP contribution in [0.25, 0.3) is 0 Å². The molecule has 1 aromatic heterocycles. The summed E-state index contributed by atoms with van der Waals surface area (Å²) in [4.78, 5) is 22.9. The first kappa shape index (κ1) is 17.2. The van der Waals surface area contributed by atoms with Gasteiger partial charge in [0.2, 0.25) is 5.09 Å². The zero-order chi connectivity index (χ0) is 16.0. The molecule has 118 valence electrons. The summed E-state index contributed by atoms with van der Waals surface area (Å²) >= 11 is 0. The molecule has 0 saturated carbocycles. The molecule has 0 bridgehead atoms. The van der Waals surface area contributed by atoms with E-state index in [4.69, 9.17) is 9.52 Å². The van der Waals surface area contributed by atoms with Crippen LogP contribution in [0.1, 0.15) is 36.7 Å². The van der Waals surface area contributed by atoms with E-state index < -0.39 is 33.0 Å². The zero-order valence-electron chi connectivity index (χ0n) is 11.8. The number of unbranched alkanes of at least 4 members (excludes halogenated alkanes) is 1. The van der Waals surface area contributed by atoms with Crippen LogP contribution in [0, 0.1) is 0 Å². The summed E-state index contributed by atoms with van der Waals surface area (Å²) < 4.78 is 29.9. The topological polar surface area (TPSA) is 126 Å². The molecule has 1 aromatic rings. The number of carboxylic acid groups (broad SMARTS) is 1. The molecule has 3 N–H and O–H groups in total. The van der Waals surface area contributed by atoms with Crippen molar-refractivity contribution in [3.05, 3.63) is 17.9 Å². The van der Waals surface area contributed by atoms with Crippen molar-refractivity contribution in [2.45, 2.75) is 37.3 Å². The molecular weight excluding hydrogens is 300 g/mol. The van der Waals surface area contributed by atoms with Crippen molar-refractivity contribution in [2.24, 2.45) is 0 Å². The lowest BCUT2D eigenvalue weighted by Crippen LogP contribution is -2.40. The minimum Gasteiger partial charge on any atom is -0.480 e. The second-order valence-corrected chi connectivity index (χ2v) is 6.15. The monoisotopic (exact) mass is 318 g/mol. The SMILES string of the molecule is CCCCC(NC(=O)c1ccc(S(=O)(=O)NC)o1)C(=O)O. The van der Waals surface area contributed by atoms with E-state index in [1.165, 1.54) is 13.1 Å². The van der Waals surface area contributed by atoms with Crippen LogP contribution in [0.2, 0.25) is 0 Å². The largest absolute Gasteiger partial charge is 0.480 e. The van der Waals surface area contributed by atoms with Crippen molar-refractivity contribution in [3.8, 4) is 0 Å². The standard InChI is InChI=1S/C12H18N2O6S/c1-3-4-5-8(12(16)17)14-11(15)9-6-7-10(20-9)21(18,19)13-2/h6-8,13H,3-5H2,1-2H3,(H,14,15)(H,16,17). The van der Waals surface area contributed by atoms with Gasteiger partial charge in [0, 0.05) is 0 Å². The van der Waals surface area contributed by atoms with Crippen molar-refractivity contribution in [1.29, 1.82) is 0 Å². The molecule has 8 nitrogen and oxygen atoms in total. The molecule has 0 fully saturated rings. The molecule has 0 radical (unpaired) electrons. The lowest BCUT2D eigenvalue weighted by Gasteiger charge is -2.12. The first-order chi connectivity index (χ1) is 9.81. The summed E-state index contributed by atoms with van der Waals surface area (Å²) in [5, 5.41) is 10.9. The number of carbonyl (C=O) groups is 2. The highest BCUT2D eigenvalue weighted by Gasteiger charge is 2.24. The number of carboxylic acids is 1. The third-order valence-electron chi connectivity index (χ3n) is 2.79. The van der Waals surface area contributed by atoms with E-state index in [0.29, 0.717) is 12.8 Å². The van der Waals surface area contributed by atoms with Gasteiger partial charge in [-0.2, -0.15) is 0 Å². The van der Waals surface area contributed by atoms with Gasteiger partial charge in [-0.05, 0) is 25.6 Å². The number of hydrogen-bond donors (Lipinski definition) is 3. The fraction of sp³-hybridized carbons (Fsp3) is 0.500. The Morgan fingerprint density at radius 2 is 2.05 bits per heavy atom. The molecule has 0 aliphatic heterocycles. The third kappa shape index (κ3) is 4.57. The van der Waals surface area contributed by atoms with Gasteiger partial charge in [0.15, 0.2) is 5.76 Å². The lowest BCUT2D eigenvalue weighted by atomic mass is 10.1. The summed E-state index contributed by atoms with van der Waals surface area (Å²) in [6.45, 7) is 1.90. The smallest absolute Gasteiger partial charge is 0.326 e. The van der Waals surface area contributed by atoms with Crippen molar-refractivity contribution in [2.75, 3.05) is 7.05 Å². The average Bonchev–Trinajstić information content (AvgIpc) is 2.93. The Balaban J connectivity index is 2.82. The molecule has 0 aromatic carbocycles. The van der Waals surface area contributed by atoms with Crippen LogP contribution < -0.4 is 10.0 Å². The first-order valence-electron chi connectivity index (χ1n) is 6.39. The molecule has 1 unspecified atom stereocenters. The van der Waals surface area contributed by atoms with Gasteiger partial charge < -0.3 is 14.8 Å². The van der Waals surface area contributed by atoms with Gasteiger partial charge in [-0.3, -0.25) is 4.79 Å². The Hall–Kier alpha value is -1.87. The minimum atomic E-state index is -3.78. The van der Waals surface area contributed by atoms with Crippen LogP contribution in [0.3, 0.4) is 0 Å². The third-order valence-corrected chi connectivity index (χ3v) is 4.08. The number of amides is 1. The maximum absolute atomic E-state index is 11.9. The van der Waals surface area contributed by atoms with Crippen molar-refractivity contribution < 1.29 is 27.5 Å².